The SMILES string of the molecule is CC1(C)Cc2c(c3c(n2-c2ccc(C=O)c(NC4CCCCC4)c2)CCCC3)S(=O)C1. The molecule has 0 spiro atoms. The van der Waals surface area contributed by atoms with E-state index in [0.717, 1.165) is 53.1 Å². The molecule has 3 aliphatic rings. The molecule has 166 valence electrons. The summed E-state index contributed by atoms with van der Waals surface area (Å²) in [4.78, 5) is 12.9. The molecule has 0 amide bonds. The minimum Gasteiger partial charge on any atom is -0.382 e. The van der Waals surface area contributed by atoms with Gasteiger partial charge in [0.15, 0.2) is 6.29 Å². The highest BCUT2D eigenvalue weighted by Crippen LogP contribution is 2.42. The molecule has 2 aromatic rings. The van der Waals surface area contributed by atoms with E-state index in [2.05, 4.69) is 35.9 Å². The quantitative estimate of drug-likeness (QED) is 0.632. The smallest absolute Gasteiger partial charge is 0.152 e. The van der Waals surface area contributed by atoms with Gasteiger partial charge in [-0.3, -0.25) is 9.00 Å². The van der Waals surface area contributed by atoms with Crippen LogP contribution in [0.5, 0.6) is 0 Å². The molecule has 4 nitrogen and oxygen atoms in total. The van der Waals surface area contributed by atoms with Crippen molar-refractivity contribution in [2.24, 2.45) is 5.41 Å². The standard InChI is InChI=1S/C26H34N2O2S/c1-26(2)15-24-25(31(30)17-26)21-10-6-7-11-23(21)28(24)20-13-12-18(16-29)22(14-20)27-19-8-4-3-5-9-19/h12-14,16,19,27H,3-11,15,17H2,1-2H3. The maximum Gasteiger partial charge on any atom is 0.152 e. The van der Waals surface area contributed by atoms with Crippen molar-refractivity contribution in [3.63, 3.8) is 0 Å². The summed E-state index contributed by atoms with van der Waals surface area (Å²) >= 11 is 0. The number of anilines is 1. The molecule has 31 heavy (non-hydrogen) atoms. The van der Waals surface area contributed by atoms with Gasteiger partial charge in [-0.1, -0.05) is 33.1 Å². The summed E-state index contributed by atoms with van der Waals surface area (Å²) in [6, 6.07) is 6.65. The van der Waals surface area contributed by atoms with Gasteiger partial charge in [-0.2, -0.15) is 0 Å². The van der Waals surface area contributed by atoms with Crippen LogP contribution in [-0.2, 0) is 30.1 Å². The number of fused-ring (bicyclic) bond motifs is 3. The molecule has 1 unspecified atom stereocenters. The third-order valence-electron chi connectivity index (χ3n) is 7.30. The third kappa shape index (κ3) is 3.90. The molecule has 1 aliphatic heterocycles. The number of benzene rings is 1. The van der Waals surface area contributed by atoms with Gasteiger partial charge in [-0.05, 0) is 74.1 Å². The Hall–Kier alpha value is -1.88. The lowest BCUT2D eigenvalue weighted by Crippen LogP contribution is -2.30. The van der Waals surface area contributed by atoms with E-state index in [4.69, 9.17) is 0 Å². The number of rotatable bonds is 4. The Morgan fingerprint density at radius 2 is 1.84 bits per heavy atom. The molecule has 1 atom stereocenters. The first-order chi connectivity index (χ1) is 15.0. The zero-order valence-corrected chi connectivity index (χ0v) is 19.7. The van der Waals surface area contributed by atoms with Crippen LogP contribution < -0.4 is 5.32 Å². The molecule has 1 aromatic heterocycles. The van der Waals surface area contributed by atoms with Gasteiger partial charge in [-0.25, -0.2) is 0 Å². The molecule has 5 heteroatoms. The summed E-state index contributed by atoms with van der Waals surface area (Å²) in [6.45, 7) is 4.46. The first kappa shape index (κ1) is 21.0. The molecule has 2 heterocycles. The highest BCUT2D eigenvalue weighted by atomic mass is 32.2. The van der Waals surface area contributed by atoms with Crippen molar-refractivity contribution in [2.45, 2.75) is 89.0 Å². The van der Waals surface area contributed by atoms with Gasteiger partial charge >= 0.3 is 0 Å². The Labute approximate surface area is 188 Å². The number of aromatic nitrogens is 1. The summed E-state index contributed by atoms with van der Waals surface area (Å²) in [6.07, 6.45) is 12.5. The number of nitrogens with zero attached hydrogens (tertiary/aromatic N) is 1. The summed E-state index contributed by atoms with van der Waals surface area (Å²) < 4.78 is 15.7. The minimum absolute atomic E-state index is 0.0302. The fourth-order valence-corrected chi connectivity index (χ4v) is 7.75. The van der Waals surface area contributed by atoms with Crippen molar-refractivity contribution in [1.82, 2.24) is 4.57 Å². The number of hydrogen-bond acceptors (Lipinski definition) is 3. The van der Waals surface area contributed by atoms with E-state index < -0.39 is 10.8 Å². The molecule has 1 saturated carbocycles. The van der Waals surface area contributed by atoms with Crippen LogP contribution in [0.3, 0.4) is 0 Å². The van der Waals surface area contributed by atoms with E-state index in [9.17, 15) is 9.00 Å². The molecule has 5 rings (SSSR count). The van der Waals surface area contributed by atoms with Crippen molar-refractivity contribution >= 4 is 22.8 Å². The molecule has 0 bridgehead atoms. The fourth-order valence-electron chi connectivity index (χ4n) is 5.87. The summed E-state index contributed by atoms with van der Waals surface area (Å²) in [5, 5.41) is 3.68. The van der Waals surface area contributed by atoms with Crippen molar-refractivity contribution in [2.75, 3.05) is 11.1 Å². The lowest BCUT2D eigenvalue weighted by Gasteiger charge is -2.30. The summed E-state index contributed by atoms with van der Waals surface area (Å²) in [5.41, 5.74) is 6.75. The van der Waals surface area contributed by atoms with Crippen LogP contribution in [0.1, 0.15) is 86.1 Å². The first-order valence-corrected chi connectivity index (χ1v) is 13.3. The lowest BCUT2D eigenvalue weighted by atomic mass is 9.89. The molecular formula is C26H34N2O2S. The van der Waals surface area contributed by atoms with Crippen LogP contribution >= 0.6 is 0 Å². The highest BCUT2D eigenvalue weighted by molar-refractivity contribution is 7.85. The van der Waals surface area contributed by atoms with Gasteiger partial charge in [0.2, 0.25) is 0 Å². The second kappa shape index (κ2) is 8.23. The van der Waals surface area contributed by atoms with Crippen molar-refractivity contribution in [3.05, 3.63) is 40.7 Å². The summed E-state index contributed by atoms with van der Waals surface area (Å²) in [7, 11) is -0.937. The van der Waals surface area contributed by atoms with Crippen LogP contribution in [0, 0.1) is 5.41 Å². The van der Waals surface area contributed by atoms with Crippen LogP contribution in [0.25, 0.3) is 5.69 Å². The van der Waals surface area contributed by atoms with Gasteiger partial charge in [0, 0.05) is 40.1 Å². The second-order valence-electron chi connectivity index (χ2n) is 10.4. The van der Waals surface area contributed by atoms with E-state index in [1.807, 2.05) is 6.07 Å². The summed E-state index contributed by atoms with van der Waals surface area (Å²) in [5.74, 6) is 0.745. The number of carbonyl (C=O) groups excluding carboxylic acids is 1. The molecule has 2 aliphatic carbocycles. The van der Waals surface area contributed by atoms with Crippen LogP contribution in [-0.4, -0.2) is 26.9 Å². The second-order valence-corrected chi connectivity index (χ2v) is 11.8. The molecule has 1 N–H and O–H groups in total. The van der Waals surface area contributed by atoms with Crippen LogP contribution in [0.4, 0.5) is 5.69 Å². The van der Waals surface area contributed by atoms with Crippen molar-refractivity contribution in [3.8, 4) is 5.69 Å². The number of hydrogen-bond donors (Lipinski definition) is 1. The molecule has 1 fully saturated rings. The zero-order chi connectivity index (χ0) is 21.6. The van der Waals surface area contributed by atoms with E-state index >= 15 is 0 Å². The van der Waals surface area contributed by atoms with Gasteiger partial charge in [0.25, 0.3) is 0 Å². The van der Waals surface area contributed by atoms with Crippen molar-refractivity contribution < 1.29 is 9.00 Å². The van der Waals surface area contributed by atoms with E-state index in [-0.39, 0.29) is 5.41 Å². The largest absolute Gasteiger partial charge is 0.382 e. The predicted octanol–water partition coefficient (Wildman–Crippen LogP) is 5.60. The van der Waals surface area contributed by atoms with Gasteiger partial charge in [0.1, 0.15) is 0 Å². The average molecular weight is 439 g/mol. The van der Waals surface area contributed by atoms with E-state index in [1.165, 1.54) is 61.9 Å². The van der Waals surface area contributed by atoms with Crippen LogP contribution in [0.2, 0.25) is 0 Å². The first-order valence-electron chi connectivity index (χ1n) is 12.0. The van der Waals surface area contributed by atoms with E-state index in [1.54, 1.807) is 0 Å². The monoisotopic (exact) mass is 438 g/mol. The minimum atomic E-state index is -0.937. The number of aldehydes is 1. The van der Waals surface area contributed by atoms with Gasteiger partial charge in [0.05, 0.1) is 15.7 Å². The zero-order valence-electron chi connectivity index (χ0n) is 18.8. The third-order valence-corrected chi connectivity index (χ3v) is 9.28. The number of carbonyl (C=O) groups is 1. The highest BCUT2D eigenvalue weighted by Gasteiger charge is 2.37. The molecule has 0 radical (unpaired) electrons. The predicted molar refractivity (Wildman–Crippen MR) is 127 cm³/mol. The maximum atomic E-state index is 13.3. The van der Waals surface area contributed by atoms with Gasteiger partial charge < -0.3 is 9.88 Å². The van der Waals surface area contributed by atoms with Crippen LogP contribution in [0.15, 0.2) is 23.1 Å². The Morgan fingerprint density at radius 1 is 1.06 bits per heavy atom. The van der Waals surface area contributed by atoms with Gasteiger partial charge in [-0.15, -0.1) is 0 Å². The molecule has 0 saturated heterocycles. The lowest BCUT2D eigenvalue weighted by molar-refractivity contribution is 0.112. The topological polar surface area (TPSA) is 51.1 Å². The molecule has 1 aromatic carbocycles. The Morgan fingerprint density at radius 3 is 2.61 bits per heavy atom. The van der Waals surface area contributed by atoms with Crippen molar-refractivity contribution in [1.29, 1.82) is 0 Å². The molecular weight excluding hydrogens is 404 g/mol. The average Bonchev–Trinajstić information content (AvgIpc) is 3.07. The Balaban J connectivity index is 1.62. The number of nitrogens with one attached hydrogen (secondary N) is 1. The fraction of sp³-hybridized carbons (Fsp3) is 0.577. The van der Waals surface area contributed by atoms with E-state index in [0.29, 0.717) is 6.04 Å². The normalized spacial score (nSPS) is 23.1. The Kier molecular flexibility index (Phi) is 5.58. The Bertz CT molecular complexity index is 1030. The maximum absolute atomic E-state index is 13.3.